The SMILES string of the molecule is CN(C)C(=N)c1ccc(C(=O)Nc2ccc(O)cc2C(=O)Nc2ccc(Cl)cn2)cc1. The van der Waals surface area contributed by atoms with E-state index in [1.54, 1.807) is 49.3 Å². The molecule has 0 bridgehead atoms. The van der Waals surface area contributed by atoms with Crippen LogP contribution in [0.15, 0.2) is 60.8 Å². The Hall–Kier alpha value is -3.91. The lowest BCUT2D eigenvalue weighted by Crippen LogP contribution is -2.22. The van der Waals surface area contributed by atoms with Crippen LogP contribution in [0.4, 0.5) is 11.5 Å². The fourth-order valence-corrected chi connectivity index (χ4v) is 2.81. The molecule has 0 unspecified atom stereocenters. The maximum absolute atomic E-state index is 12.7. The number of carbonyl (C=O) groups excluding carboxylic acids is 2. The summed E-state index contributed by atoms with van der Waals surface area (Å²) in [6, 6.07) is 13.7. The van der Waals surface area contributed by atoms with Crippen LogP contribution in [-0.2, 0) is 0 Å². The Morgan fingerprint density at radius 2 is 1.65 bits per heavy atom. The number of halogens is 1. The van der Waals surface area contributed by atoms with Gasteiger partial charge in [0.2, 0.25) is 0 Å². The number of anilines is 2. The Morgan fingerprint density at radius 1 is 0.968 bits per heavy atom. The quantitative estimate of drug-likeness (QED) is 0.275. The third-order valence-electron chi connectivity index (χ3n) is 4.33. The number of hydrogen-bond donors (Lipinski definition) is 4. The highest BCUT2D eigenvalue weighted by molar-refractivity contribution is 6.30. The number of carbonyl (C=O) groups is 2. The van der Waals surface area contributed by atoms with E-state index in [2.05, 4.69) is 15.6 Å². The highest BCUT2D eigenvalue weighted by Gasteiger charge is 2.16. The first kappa shape index (κ1) is 21.8. The lowest BCUT2D eigenvalue weighted by atomic mass is 10.1. The number of rotatable bonds is 5. The van der Waals surface area contributed by atoms with Crippen LogP contribution in [0.2, 0.25) is 5.02 Å². The first-order chi connectivity index (χ1) is 14.7. The van der Waals surface area contributed by atoms with E-state index in [0.29, 0.717) is 22.0 Å². The van der Waals surface area contributed by atoms with E-state index >= 15 is 0 Å². The normalized spacial score (nSPS) is 10.3. The van der Waals surface area contributed by atoms with Gasteiger partial charge in [0, 0.05) is 31.4 Å². The monoisotopic (exact) mass is 437 g/mol. The van der Waals surface area contributed by atoms with E-state index < -0.39 is 11.8 Å². The Labute approximate surface area is 184 Å². The molecule has 0 atom stereocenters. The third-order valence-corrected chi connectivity index (χ3v) is 4.56. The summed E-state index contributed by atoms with van der Waals surface area (Å²) in [6.45, 7) is 0. The van der Waals surface area contributed by atoms with Gasteiger partial charge in [-0.25, -0.2) is 4.98 Å². The maximum Gasteiger partial charge on any atom is 0.259 e. The fraction of sp³-hybridized carbons (Fsp3) is 0.0909. The van der Waals surface area contributed by atoms with Gasteiger partial charge < -0.3 is 20.6 Å². The van der Waals surface area contributed by atoms with E-state index in [9.17, 15) is 14.7 Å². The predicted octanol–water partition coefficient (Wildman–Crippen LogP) is 3.83. The van der Waals surface area contributed by atoms with Gasteiger partial charge in [0.15, 0.2) is 0 Å². The highest BCUT2D eigenvalue weighted by Crippen LogP contribution is 2.23. The van der Waals surface area contributed by atoms with Gasteiger partial charge in [0.1, 0.15) is 17.4 Å². The summed E-state index contributed by atoms with van der Waals surface area (Å²) < 4.78 is 0. The summed E-state index contributed by atoms with van der Waals surface area (Å²) in [6.07, 6.45) is 1.39. The number of hydrogen-bond acceptors (Lipinski definition) is 5. The van der Waals surface area contributed by atoms with Crippen molar-refractivity contribution in [3.05, 3.63) is 82.5 Å². The third kappa shape index (κ3) is 5.37. The Kier molecular flexibility index (Phi) is 6.52. The van der Waals surface area contributed by atoms with Crippen molar-refractivity contribution in [3.8, 4) is 5.75 Å². The summed E-state index contributed by atoms with van der Waals surface area (Å²) in [5.74, 6) is -0.531. The van der Waals surface area contributed by atoms with E-state index in [1.807, 2.05) is 0 Å². The van der Waals surface area contributed by atoms with E-state index in [-0.39, 0.29) is 22.8 Å². The molecule has 31 heavy (non-hydrogen) atoms. The molecule has 0 aliphatic heterocycles. The molecular formula is C22H20ClN5O3. The standard InChI is InChI=1S/C22H20ClN5O3/c1-28(2)20(24)13-3-5-14(6-4-13)21(30)26-18-9-8-16(29)11-17(18)22(31)27-19-10-7-15(23)12-25-19/h3-12,24,29H,1-2H3,(H,26,30)(H,25,27,31). The molecule has 0 fully saturated rings. The molecule has 0 aliphatic carbocycles. The molecule has 0 saturated carbocycles. The van der Waals surface area contributed by atoms with Crippen LogP contribution in [0.5, 0.6) is 5.75 Å². The van der Waals surface area contributed by atoms with Gasteiger partial charge in [-0.15, -0.1) is 0 Å². The summed E-state index contributed by atoms with van der Waals surface area (Å²) in [4.78, 5) is 31.1. The van der Waals surface area contributed by atoms with Gasteiger partial charge in [-0.1, -0.05) is 23.7 Å². The number of benzene rings is 2. The number of phenolic OH excluding ortho intramolecular Hbond substituents is 1. The van der Waals surface area contributed by atoms with Crippen molar-refractivity contribution in [3.63, 3.8) is 0 Å². The van der Waals surface area contributed by atoms with E-state index in [1.165, 1.54) is 30.5 Å². The molecule has 0 spiro atoms. The van der Waals surface area contributed by atoms with E-state index in [0.717, 1.165) is 0 Å². The minimum absolute atomic E-state index is 0.0658. The number of pyridine rings is 1. The highest BCUT2D eigenvalue weighted by atomic mass is 35.5. The molecule has 1 aromatic heterocycles. The number of nitrogens with zero attached hydrogens (tertiary/aromatic N) is 2. The van der Waals surface area contributed by atoms with Gasteiger partial charge in [-0.3, -0.25) is 15.0 Å². The molecule has 1 heterocycles. The lowest BCUT2D eigenvalue weighted by Gasteiger charge is -2.14. The molecule has 9 heteroatoms. The summed E-state index contributed by atoms with van der Waals surface area (Å²) in [7, 11) is 3.53. The average molecular weight is 438 g/mol. The summed E-state index contributed by atoms with van der Waals surface area (Å²) in [5.41, 5.74) is 1.31. The maximum atomic E-state index is 12.7. The van der Waals surface area contributed by atoms with Crippen LogP contribution in [0.25, 0.3) is 0 Å². The topological polar surface area (TPSA) is 118 Å². The molecule has 0 aliphatic rings. The van der Waals surface area contributed by atoms with Crippen molar-refractivity contribution in [2.24, 2.45) is 0 Å². The number of aromatic hydroxyl groups is 1. The largest absolute Gasteiger partial charge is 0.508 e. The fourth-order valence-electron chi connectivity index (χ4n) is 2.69. The molecule has 3 rings (SSSR count). The molecule has 8 nitrogen and oxygen atoms in total. The number of amides is 2. The van der Waals surface area contributed by atoms with Gasteiger partial charge in [0.25, 0.3) is 11.8 Å². The number of phenols is 1. The number of nitrogens with one attached hydrogen (secondary N) is 3. The van der Waals surface area contributed by atoms with Crippen molar-refractivity contribution < 1.29 is 14.7 Å². The Balaban J connectivity index is 1.80. The first-order valence-electron chi connectivity index (χ1n) is 9.18. The second-order valence-electron chi connectivity index (χ2n) is 6.82. The van der Waals surface area contributed by atoms with Gasteiger partial charge in [-0.05, 0) is 42.5 Å². The van der Waals surface area contributed by atoms with Crippen LogP contribution < -0.4 is 10.6 Å². The predicted molar refractivity (Wildman–Crippen MR) is 120 cm³/mol. The molecule has 0 saturated heterocycles. The lowest BCUT2D eigenvalue weighted by molar-refractivity contribution is 0.102. The van der Waals surface area contributed by atoms with E-state index in [4.69, 9.17) is 17.0 Å². The van der Waals surface area contributed by atoms with Crippen LogP contribution in [-0.4, -0.2) is 46.7 Å². The minimum Gasteiger partial charge on any atom is -0.508 e. The van der Waals surface area contributed by atoms with Gasteiger partial charge in [0.05, 0.1) is 16.3 Å². The van der Waals surface area contributed by atoms with Gasteiger partial charge in [-0.2, -0.15) is 0 Å². The smallest absolute Gasteiger partial charge is 0.259 e. The van der Waals surface area contributed by atoms with Crippen LogP contribution >= 0.6 is 11.6 Å². The average Bonchev–Trinajstić information content (AvgIpc) is 2.76. The Morgan fingerprint density at radius 3 is 2.26 bits per heavy atom. The zero-order valence-corrected chi connectivity index (χ0v) is 17.6. The molecule has 3 aromatic rings. The minimum atomic E-state index is -0.559. The molecule has 2 aromatic carbocycles. The Bertz CT molecular complexity index is 1130. The van der Waals surface area contributed by atoms with Crippen molar-refractivity contribution in [1.29, 1.82) is 5.41 Å². The van der Waals surface area contributed by atoms with Crippen LogP contribution in [0.1, 0.15) is 26.3 Å². The van der Waals surface area contributed by atoms with Gasteiger partial charge >= 0.3 is 0 Å². The molecule has 4 N–H and O–H groups in total. The van der Waals surface area contributed by atoms with Crippen LogP contribution in [0, 0.1) is 5.41 Å². The molecule has 158 valence electrons. The van der Waals surface area contributed by atoms with Crippen molar-refractivity contribution in [2.75, 3.05) is 24.7 Å². The molecule has 0 radical (unpaired) electrons. The summed E-state index contributed by atoms with van der Waals surface area (Å²) in [5, 5.41) is 23.5. The summed E-state index contributed by atoms with van der Waals surface area (Å²) >= 11 is 5.80. The first-order valence-corrected chi connectivity index (χ1v) is 9.56. The molecule has 2 amide bonds. The van der Waals surface area contributed by atoms with Crippen molar-refractivity contribution in [1.82, 2.24) is 9.88 Å². The second-order valence-corrected chi connectivity index (χ2v) is 7.26. The zero-order valence-electron chi connectivity index (χ0n) is 16.8. The van der Waals surface area contributed by atoms with Crippen molar-refractivity contribution in [2.45, 2.75) is 0 Å². The number of amidine groups is 1. The van der Waals surface area contributed by atoms with Crippen LogP contribution in [0.3, 0.4) is 0 Å². The van der Waals surface area contributed by atoms with Crippen molar-refractivity contribution >= 4 is 40.8 Å². The second kappa shape index (κ2) is 9.27. The molecular weight excluding hydrogens is 418 g/mol. The zero-order chi connectivity index (χ0) is 22.5. The number of aromatic nitrogens is 1.